The van der Waals surface area contributed by atoms with Crippen LogP contribution in [0.2, 0.25) is 0 Å². The molecule has 98 valence electrons. The van der Waals surface area contributed by atoms with E-state index in [1.807, 2.05) is 24.7 Å². The minimum absolute atomic E-state index is 0.777. The molecule has 4 aromatic rings. The van der Waals surface area contributed by atoms with Crippen LogP contribution in [0, 0.1) is 3.70 Å². The molecule has 0 atom stereocenters. The molecule has 0 aliphatic heterocycles. The third-order valence-corrected chi connectivity index (χ3v) is 3.58. The smallest absolute Gasteiger partial charge is 0.182 e. The highest BCUT2D eigenvalue weighted by Crippen LogP contribution is 2.20. The van der Waals surface area contributed by atoms with Gasteiger partial charge in [-0.25, -0.2) is 14.2 Å². The van der Waals surface area contributed by atoms with Gasteiger partial charge in [-0.3, -0.25) is 5.10 Å². The number of hydrogen-bond acceptors (Lipinski definition) is 4. The van der Waals surface area contributed by atoms with Crippen molar-refractivity contribution in [1.82, 2.24) is 34.6 Å². The van der Waals surface area contributed by atoms with Gasteiger partial charge in [-0.05, 0) is 28.7 Å². The fourth-order valence-electron chi connectivity index (χ4n) is 2.01. The molecule has 7 nitrogen and oxygen atoms in total. The Hall–Kier alpha value is -2.23. The van der Waals surface area contributed by atoms with Crippen molar-refractivity contribution in [1.29, 1.82) is 0 Å². The minimum atomic E-state index is 0.777. The molecule has 4 rings (SSSR count). The Morgan fingerprint density at radius 2 is 2.05 bits per heavy atom. The van der Waals surface area contributed by atoms with Gasteiger partial charge in [0.15, 0.2) is 5.65 Å². The maximum absolute atomic E-state index is 4.49. The quantitative estimate of drug-likeness (QED) is 0.428. The number of aromatic nitrogens is 7. The van der Waals surface area contributed by atoms with Crippen LogP contribution in [-0.4, -0.2) is 34.6 Å². The van der Waals surface area contributed by atoms with Crippen molar-refractivity contribution in [2.75, 3.05) is 0 Å². The molecule has 0 amide bonds. The second-order valence-corrected chi connectivity index (χ2v) is 5.31. The van der Waals surface area contributed by atoms with E-state index in [1.54, 1.807) is 27.8 Å². The van der Waals surface area contributed by atoms with E-state index in [1.165, 1.54) is 0 Å². The predicted molar refractivity (Wildman–Crippen MR) is 80.4 cm³/mol. The van der Waals surface area contributed by atoms with Crippen molar-refractivity contribution in [2.45, 2.75) is 0 Å². The van der Waals surface area contributed by atoms with Crippen molar-refractivity contribution in [3.05, 3.63) is 46.9 Å². The van der Waals surface area contributed by atoms with Crippen LogP contribution < -0.4 is 0 Å². The summed E-state index contributed by atoms with van der Waals surface area (Å²) in [5.74, 6) is 0. The van der Waals surface area contributed by atoms with Gasteiger partial charge in [0, 0.05) is 29.7 Å². The molecule has 0 fully saturated rings. The standard InChI is InChI=1S/C12H8IN7/c13-11-1-2-19-12(18-11)10(6-17-19)20-7-9(5-16-20)8-3-14-15-4-8/h1-7H,(H,14,15). The van der Waals surface area contributed by atoms with Gasteiger partial charge in [0.2, 0.25) is 0 Å². The minimum Gasteiger partial charge on any atom is -0.285 e. The lowest BCUT2D eigenvalue weighted by Gasteiger charge is -1.98. The summed E-state index contributed by atoms with van der Waals surface area (Å²) in [6.07, 6.45) is 11.0. The fourth-order valence-corrected chi connectivity index (χ4v) is 2.40. The fraction of sp³-hybridized carbons (Fsp3) is 0. The summed E-state index contributed by atoms with van der Waals surface area (Å²) in [6.45, 7) is 0. The van der Waals surface area contributed by atoms with E-state index >= 15 is 0 Å². The zero-order valence-electron chi connectivity index (χ0n) is 10.1. The Morgan fingerprint density at radius 3 is 2.90 bits per heavy atom. The number of H-pyrrole nitrogens is 1. The Bertz CT molecular complexity index is 874. The third kappa shape index (κ3) is 1.80. The molecule has 0 saturated carbocycles. The van der Waals surface area contributed by atoms with E-state index in [0.29, 0.717) is 0 Å². The van der Waals surface area contributed by atoms with Gasteiger partial charge in [-0.1, -0.05) is 0 Å². The van der Waals surface area contributed by atoms with E-state index in [4.69, 9.17) is 0 Å². The molecule has 1 N–H and O–H groups in total. The number of halogens is 1. The van der Waals surface area contributed by atoms with E-state index in [9.17, 15) is 0 Å². The molecule has 0 aromatic carbocycles. The first-order valence-corrected chi connectivity index (χ1v) is 6.93. The number of aromatic amines is 1. The number of nitrogens with zero attached hydrogens (tertiary/aromatic N) is 6. The highest BCUT2D eigenvalue weighted by atomic mass is 127. The highest BCUT2D eigenvalue weighted by Gasteiger charge is 2.10. The van der Waals surface area contributed by atoms with Crippen LogP contribution in [0.15, 0.2) is 43.2 Å². The molecule has 4 aromatic heterocycles. The second kappa shape index (κ2) is 4.40. The zero-order chi connectivity index (χ0) is 13.5. The average molecular weight is 377 g/mol. The van der Waals surface area contributed by atoms with Gasteiger partial charge < -0.3 is 0 Å². The Morgan fingerprint density at radius 1 is 1.10 bits per heavy atom. The summed E-state index contributed by atoms with van der Waals surface area (Å²) in [4.78, 5) is 4.49. The van der Waals surface area contributed by atoms with Crippen molar-refractivity contribution in [2.24, 2.45) is 0 Å². The van der Waals surface area contributed by atoms with Crippen molar-refractivity contribution < 1.29 is 0 Å². The molecule has 0 bridgehead atoms. The summed E-state index contributed by atoms with van der Waals surface area (Å²) in [6, 6.07) is 1.91. The molecule has 0 radical (unpaired) electrons. The first kappa shape index (κ1) is 11.6. The van der Waals surface area contributed by atoms with Crippen LogP contribution in [0.3, 0.4) is 0 Å². The van der Waals surface area contributed by atoms with Crippen LogP contribution in [-0.2, 0) is 0 Å². The van der Waals surface area contributed by atoms with Crippen LogP contribution >= 0.6 is 22.6 Å². The summed E-state index contributed by atoms with van der Waals surface area (Å²) >= 11 is 2.18. The SMILES string of the molecule is Ic1ccn2ncc(-n3cc(-c4cn[nH]c4)cn3)c2n1. The molecule has 0 spiro atoms. The first-order valence-electron chi connectivity index (χ1n) is 5.85. The summed E-state index contributed by atoms with van der Waals surface area (Å²) in [7, 11) is 0. The van der Waals surface area contributed by atoms with Gasteiger partial charge in [-0.2, -0.15) is 15.3 Å². The van der Waals surface area contributed by atoms with Gasteiger partial charge in [-0.15, -0.1) is 0 Å². The van der Waals surface area contributed by atoms with Crippen LogP contribution in [0.1, 0.15) is 0 Å². The molecule has 4 heterocycles. The molecular weight excluding hydrogens is 369 g/mol. The summed E-state index contributed by atoms with van der Waals surface area (Å²) < 4.78 is 4.42. The van der Waals surface area contributed by atoms with E-state index < -0.39 is 0 Å². The normalized spacial score (nSPS) is 11.2. The molecule has 8 heteroatoms. The lowest BCUT2D eigenvalue weighted by atomic mass is 10.2. The predicted octanol–water partition coefficient (Wildman–Crippen LogP) is 1.91. The van der Waals surface area contributed by atoms with Crippen molar-refractivity contribution in [3.63, 3.8) is 0 Å². The van der Waals surface area contributed by atoms with Crippen LogP contribution in [0.5, 0.6) is 0 Å². The highest BCUT2D eigenvalue weighted by molar-refractivity contribution is 14.1. The summed E-state index contributed by atoms with van der Waals surface area (Å²) in [5.41, 5.74) is 3.61. The van der Waals surface area contributed by atoms with Crippen LogP contribution in [0.25, 0.3) is 22.5 Å². The summed E-state index contributed by atoms with van der Waals surface area (Å²) in [5, 5.41) is 15.4. The van der Waals surface area contributed by atoms with E-state index in [2.05, 4.69) is 48.0 Å². The zero-order valence-corrected chi connectivity index (χ0v) is 12.3. The number of fused-ring (bicyclic) bond motifs is 1. The van der Waals surface area contributed by atoms with Crippen molar-refractivity contribution in [3.8, 4) is 16.8 Å². The van der Waals surface area contributed by atoms with Gasteiger partial charge in [0.25, 0.3) is 0 Å². The van der Waals surface area contributed by atoms with Crippen LogP contribution in [0.4, 0.5) is 0 Å². The lowest BCUT2D eigenvalue weighted by Crippen LogP contribution is -1.96. The third-order valence-electron chi connectivity index (χ3n) is 2.98. The Balaban J connectivity index is 1.85. The molecule has 0 unspecified atom stereocenters. The Kier molecular flexibility index (Phi) is 2.55. The van der Waals surface area contributed by atoms with Crippen molar-refractivity contribution >= 4 is 28.2 Å². The maximum Gasteiger partial charge on any atom is 0.182 e. The maximum atomic E-state index is 4.49. The Labute approximate surface area is 126 Å². The average Bonchev–Trinajstić information content (AvgIpc) is 3.17. The number of rotatable bonds is 2. The number of hydrogen-bond donors (Lipinski definition) is 1. The monoisotopic (exact) mass is 377 g/mol. The van der Waals surface area contributed by atoms with Gasteiger partial charge >= 0.3 is 0 Å². The van der Waals surface area contributed by atoms with E-state index in [-0.39, 0.29) is 0 Å². The molecule has 0 aliphatic rings. The lowest BCUT2D eigenvalue weighted by molar-refractivity contribution is 0.883. The molecular formula is C12H8IN7. The largest absolute Gasteiger partial charge is 0.285 e. The molecule has 20 heavy (non-hydrogen) atoms. The van der Waals surface area contributed by atoms with Gasteiger partial charge in [0.05, 0.1) is 18.6 Å². The topological polar surface area (TPSA) is 76.7 Å². The first-order chi connectivity index (χ1) is 9.81. The second-order valence-electron chi connectivity index (χ2n) is 4.21. The number of nitrogens with one attached hydrogen (secondary N) is 1. The van der Waals surface area contributed by atoms with Gasteiger partial charge in [0.1, 0.15) is 9.39 Å². The van der Waals surface area contributed by atoms with E-state index in [0.717, 1.165) is 26.2 Å². The molecule has 0 saturated heterocycles. The molecule has 0 aliphatic carbocycles.